The maximum absolute atomic E-state index is 12.2. The summed E-state index contributed by atoms with van der Waals surface area (Å²) in [7, 11) is 0. The summed E-state index contributed by atoms with van der Waals surface area (Å²) in [5.74, 6) is -0.385. The SMILES string of the molecule is Nc1cc(Cl)c(Cl)c(C(=O)Nc2ccc(CCO)cc2)c1. The Morgan fingerprint density at radius 1 is 1.19 bits per heavy atom. The zero-order valence-corrected chi connectivity index (χ0v) is 12.6. The fourth-order valence-corrected chi connectivity index (χ4v) is 2.28. The van der Waals surface area contributed by atoms with Crippen molar-refractivity contribution >= 4 is 40.5 Å². The molecule has 0 unspecified atom stereocenters. The van der Waals surface area contributed by atoms with E-state index < -0.39 is 0 Å². The molecule has 0 spiro atoms. The number of carbonyl (C=O) groups excluding carboxylic acids is 1. The van der Waals surface area contributed by atoms with E-state index in [0.717, 1.165) is 5.56 Å². The number of aliphatic hydroxyl groups is 1. The van der Waals surface area contributed by atoms with Crippen molar-refractivity contribution in [2.45, 2.75) is 6.42 Å². The standard InChI is InChI=1S/C15H14Cl2N2O2/c16-13-8-10(18)7-12(14(13)17)15(21)19-11-3-1-9(2-4-11)5-6-20/h1-4,7-8,20H,5-6,18H2,(H,19,21). The van der Waals surface area contributed by atoms with E-state index in [4.69, 9.17) is 34.0 Å². The van der Waals surface area contributed by atoms with Crippen LogP contribution in [0.15, 0.2) is 36.4 Å². The first kappa shape index (κ1) is 15.6. The lowest BCUT2D eigenvalue weighted by Crippen LogP contribution is -2.13. The van der Waals surface area contributed by atoms with Gasteiger partial charge in [-0.3, -0.25) is 4.79 Å². The highest BCUT2D eigenvalue weighted by atomic mass is 35.5. The van der Waals surface area contributed by atoms with Gasteiger partial charge in [0.05, 0.1) is 15.6 Å². The smallest absolute Gasteiger partial charge is 0.257 e. The van der Waals surface area contributed by atoms with Gasteiger partial charge < -0.3 is 16.2 Å². The topological polar surface area (TPSA) is 75.4 Å². The summed E-state index contributed by atoms with van der Waals surface area (Å²) in [6.07, 6.45) is 0.574. The number of halogens is 2. The Labute approximate surface area is 132 Å². The van der Waals surface area contributed by atoms with Gasteiger partial charge in [0.1, 0.15) is 0 Å². The number of nitrogens with one attached hydrogen (secondary N) is 1. The van der Waals surface area contributed by atoms with Crippen molar-refractivity contribution in [2.75, 3.05) is 17.7 Å². The lowest BCUT2D eigenvalue weighted by Gasteiger charge is -2.09. The van der Waals surface area contributed by atoms with E-state index in [-0.39, 0.29) is 28.1 Å². The molecule has 0 saturated heterocycles. The third-order valence-electron chi connectivity index (χ3n) is 2.91. The number of aliphatic hydroxyl groups excluding tert-OH is 1. The Hall–Kier alpha value is -1.75. The molecule has 4 nitrogen and oxygen atoms in total. The quantitative estimate of drug-likeness (QED) is 0.755. The molecule has 2 rings (SSSR count). The van der Waals surface area contributed by atoms with E-state index in [1.54, 1.807) is 12.1 Å². The molecule has 0 radical (unpaired) electrons. The molecule has 0 aliphatic heterocycles. The highest BCUT2D eigenvalue weighted by Gasteiger charge is 2.14. The molecule has 0 heterocycles. The van der Waals surface area contributed by atoms with Gasteiger partial charge in [-0.2, -0.15) is 0 Å². The summed E-state index contributed by atoms with van der Waals surface area (Å²) in [6, 6.07) is 10.1. The number of rotatable bonds is 4. The molecule has 0 saturated carbocycles. The van der Waals surface area contributed by atoms with Gasteiger partial charge in [-0.15, -0.1) is 0 Å². The highest BCUT2D eigenvalue weighted by Crippen LogP contribution is 2.29. The zero-order valence-electron chi connectivity index (χ0n) is 11.1. The molecular weight excluding hydrogens is 311 g/mol. The second kappa shape index (κ2) is 6.80. The molecule has 0 fully saturated rings. The molecule has 0 aliphatic carbocycles. The molecule has 0 aliphatic rings. The van der Waals surface area contributed by atoms with Crippen molar-refractivity contribution in [1.29, 1.82) is 0 Å². The van der Waals surface area contributed by atoms with Crippen LogP contribution in [0.2, 0.25) is 10.0 Å². The van der Waals surface area contributed by atoms with Crippen molar-refractivity contribution in [3.8, 4) is 0 Å². The van der Waals surface area contributed by atoms with Crippen LogP contribution in [0.4, 0.5) is 11.4 Å². The minimum atomic E-state index is -0.385. The van der Waals surface area contributed by atoms with E-state index in [1.807, 2.05) is 12.1 Å². The minimum Gasteiger partial charge on any atom is -0.399 e. The Balaban J connectivity index is 2.18. The second-order valence-corrected chi connectivity index (χ2v) is 5.27. The zero-order chi connectivity index (χ0) is 15.4. The van der Waals surface area contributed by atoms with Gasteiger partial charge >= 0.3 is 0 Å². The van der Waals surface area contributed by atoms with E-state index in [1.165, 1.54) is 12.1 Å². The van der Waals surface area contributed by atoms with Gasteiger partial charge in [0.25, 0.3) is 5.91 Å². The first-order valence-electron chi connectivity index (χ1n) is 6.27. The Bertz CT molecular complexity index is 657. The van der Waals surface area contributed by atoms with Crippen molar-refractivity contribution in [3.05, 3.63) is 57.6 Å². The van der Waals surface area contributed by atoms with Gasteiger partial charge in [0.15, 0.2) is 0 Å². The summed E-state index contributed by atoms with van der Waals surface area (Å²) >= 11 is 11.9. The fourth-order valence-electron chi connectivity index (χ4n) is 1.86. The van der Waals surface area contributed by atoms with E-state index >= 15 is 0 Å². The van der Waals surface area contributed by atoms with E-state index in [0.29, 0.717) is 17.8 Å². The predicted molar refractivity (Wildman–Crippen MR) is 86.1 cm³/mol. The third-order valence-corrected chi connectivity index (χ3v) is 3.71. The molecule has 6 heteroatoms. The Morgan fingerprint density at radius 2 is 1.86 bits per heavy atom. The van der Waals surface area contributed by atoms with Crippen molar-refractivity contribution < 1.29 is 9.90 Å². The number of hydrogen-bond acceptors (Lipinski definition) is 3. The van der Waals surface area contributed by atoms with Crippen LogP contribution in [-0.2, 0) is 6.42 Å². The highest BCUT2D eigenvalue weighted by molar-refractivity contribution is 6.44. The molecule has 0 bridgehead atoms. The van der Waals surface area contributed by atoms with Gasteiger partial charge in [-0.25, -0.2) is 0 Å². The van der Waals surface area contributed by atoms with E-state index in [9.17, 15) is 4.79 Å². The van der Waals surface area contributed by atoms with Crippen molar-refractivity contribution in [1.82, 2.24) is 0 Å². The van der Waals surface area contributed by atoms with Crippen LogP contribution in [-0.4, -0.2) is 17.6 Å². The second-order valence-electron chi connectivity index (χ2n) is 4.49. The largest absolute Gasteiger partial charge is 0.399 e. The van der Waals surface area contributed by atoms with Gasteiger partial charge in [0.2, 0.25) is 0 Å². The maximum Gasteiger partial charge on any atom is 0.257 e. The van der Waals surface area contributed by atoms with Crippen LogP contribution in [0.3, 0.4) is 0 Å². The number of anilines is 2. The Morgan fingerprint density at radius 3 is 2.48 bits per heavy atom. The van der Waals surface area contributed by atoms with Crippen molar-refractivity contribution in [3.63, 3.8) is 0 Å². The van der Waals surface area contributed by atoms with Crippen LogP contribution >= 0.6 is 23.2 Å². The normalized spacial score (nSPS) is 10.4. The maximum atomic E-state index is 12.2. The van der Waals surface area contributed by atoms with Crippen LogP contribution < -0.4 is 11.1 Å². The van der Waals surface area contributed by atoms with Crippen LogP contribution in [0, 0.1) is 0 Å². The molecule has 0 aromatic heterocycles. The fraction of sp³-hybridized carbons (Fsp3) is 0.133. The lowest BCUT2D eigenvalue weighted by molar-refractivity contribution is 0.102. The average molecular weight is 325 g/mol. The van der Waals surface area contributed by atoms with Crippen LogP contribution in [0.5, 0.6) is 0 Å². The molecule has 0 atom stereocenters. The van der Waals surface area contributed by atoms with Crippen LogP contribution in [0.1, 0.15) is 15.9 Å². The molecular formula is C15H14Cl2N2O2. The number of carbonyl (C=O) groups is 1. The number of amides is 1. The monoisotopic (exact) mass is 324 g/mol. The number of nitrogens with two attached hydrogens (primary N) is 1. The molecule has 1 amide bonds. The van der Waals surface area contributed by atoms with Gasteiger partial charge in [0, 0.05) is 18.0 Å². The number of benzene rings is 2. The predicted octanol–water partition coefficient (Wildman–Crippen LogP) is 3.36. The molecule has 2 aromatic carbocycles. The summed E-state index contributed by atoms with van der Waals surface area (Å²) in [5.41, 5.74) is 7.87. The van der Waals surface area contributed by atoms with E-state index in [2.05, 4.69) is 5.32 Å². The number of nitrogen functional groups attached to an aromatic ring is 1. The van der Waals surface area contributed by atoms with Gasteiger partial charge in [-0.1, -0.05) is 35.3 Å². The summed E-state index contributed by atoms with van der Waals surface area (Å²) in [4.78, 5) is 12.2. The molecule has 21 heavy (non-hydrogen) atoms. The lowest BCUT2D eigenvalue weighted by atomic mass is 10.1. The average Bonchev–Trinajstić information content (AvgIpc) is 2.45. The molecule has 110 valence electrons. The summed E-state index contributed by atoms with van der Waals surface area (Å²) < 4.78 is 0. The van der Waals surface area contributed by atoms with Gasteiger partial charge in [-0.05, 0) is 36.2 Å². The van der Waals surface area contributed by atoms with Crippen molar-refractivity contribution in [2.24, 2.45) is 0 Å². The minimum absolute atomic E-state index is 0.0864. The Kier molecular flexibility index (Phi) is 5.07. The molecule has 4 N–H and O–H groups in total. The first-order chi connectivity index (χ1) is 10.0. The molecule has 2 aromatic rings. The van der Waals surface area contributed by atoms with Crippen LogP contribution in [0.25, 0.3) is 0 Å². The summed E-state index contributed by atoms with van der Waals surface area (Å²) in [6.45, 7) is 0.0864. The third kappa shape index (κ3) is 3.88. The first-order valence-corrected chi connectivity index (χ1v) is 7.02. The number of hydrogen-bond donors (Lipinski definition) is 3. The summed E-state index contributed by atoms with van der Waals surface area (Å²) in [5, 5.41) is 12.0.